The van der Waals surface area contributed by atoms with Crippen molar-refractivity contribution in [3.63, 3.8) is 0 Å². The molecule has 1 fully saturated rings. The Labute approximate surface area is 209 Å². The number of amides is 2. The van der Waals surface area contributed by atoms with Crippen molar-refractivity contribution in [2.75, 3.05) is 18.4 Å². The number of likely N-dealkylation sites (tertiary alicyclic amines) is 1. The quantitative estimate of drug-likeness (QED) is 0.585. The molecule has 0 radical (unpaired) electrons. The van der Waals surface area contributed by atoms with Gasteiger partial charge in [-0.25, -0.2) is 4.68 Å². The second-order valence-electron chi connectivity index (χ2n) is 9.30. The van der Waals surface area contributed by atoms with Crippen molar-refractivity contribution in [2.45, 2.75) is 45.9 Å². The lowest BCUT2D eigenvalue weighted by atomic mass is 9.95. The van der Waals surface area contributed by atoms with E-state index < -0.39 is 0 Å². The van der Waals surface area contributed by atoms with Crippen LogP contribution >= 0.6 is 11.6 Å². The average Bonchev–Trinajstić information content (AvgIpc) is 3.29. The highest BCUT2D eigenvalue weighted by Gasteiger charge is 2.33. The standard InChI is InChI=1S/C26H28ClN5O3/c1-16-3-5-18(6-4-16)23-14-32-22(15-35-23)24(29-30-32)26(34)31-11-9-19(10-12-31)25(33)28-20-7-8-21(27)17(2)13-20/h3-8,13,19,23H,9-12,14-15H2,1-2H3,(H,28,33)/t23-/m0/s1. The van der Waals surface area contributed by atoms with E-state index in [9.17, 15) is 9.59 Å². The van der Waals surface area contributed by atoms with E-state index in [1.54, 1.807) is 21.7 Å². The van der Waals surface area contributed by atoms with E-state index in [-0.39, 0.29) is 30.4 Å². The molecule has 8 nitrogen and oxygen atoms in total. The number of fused-ring (bicyclic) bond motifs is 1. The van der Waals surface area contributed by atoms with Gasteiger partial charge in [0.05, 0.1) is 18.8 Å². The summed E-state index contributed by atoms with van der Waals surface area (Å²) in [7, 11) is 0. The first-order valence-electron chi connectivity index (χ1n) is 11.9. The molecular formula is C26H28ClN5O3. The summed E-state index contributed by atoms with van der Waals surface area (Å²) >= 11 is 6.07. The van der Waals surface area contributed by atoms with E-state index >= 15 is 0 Å². The number of ether oxygens (including phenoxy) is 1. The zero-order valence-electron chi connectivity index (χ0n) is 19.8. The molecule has 2 aliphatic heterocycles. The molecule has 1 atom stereocenters. The maximum Gasteiger partial charge on any atom is 0.276 e. The van der Waals surface area contributed by atoms with E-state index in [2.05, 4.69) is 46.8 Å². The maximum absolute atomic E-state index is 13.2. The van der Waals surface area contributed by atoms with Gasteiger partial charge in [-0.15, -0.1) is 5.10 Å². The summed E-state index contributed by atoms with van der Waals surface area (Å²) in [6, 6.07) is 13.7. The smallest absolute Gasteiger partial charge is 0.276 e. The number of nitrogens with zero attached hydrogens (tertiary/aromatic N) is 4. The molecule has 1 N–H and O–H groups in total. The number of halogens is 1. The molecule has 2 aromatic carbocycles. The van der Waals surface area contributed by atoms with E-state index in [0.717, 1.165) is 16.8 Å². The molecule has 2 aliphatic rings. The minimum absolute atomic E-state index is 0.0320. The molecule has 0 aliphatic carbocycles. The zero-order chi connectivity index (χ0) is 24.5. The summed E-state index contributed by atoms with van der Waals surface area (Å²) in [5, 5.41) is 12.1. The summed E-state index contributed by atoms with van der Waals surface area (Å²) in [5.74, 6) is -0.339. The van der Waals surface area contributed by atoms with Crippen molar-refractivity contribution in [2.24, 2.45) is 5.92 Å². The lowest BCUT2D eigenvalue weighted by molar-refractivity contribution is -0.121. The summed E-state index contributed by atoms with van der Waals surface area (Å²) in [6.45, 7) is 5.75. The number of anilines is 1. The Kier molecular flexibility index (Phi) is 6.58. The number of piperidine rings is 1. The Bertz CT molecular complexity index is 1250. The summed E-state index contributed by atoms with van der Waals surface area (Å²) < 4.78 is 7.83. The summed E-state index contributed by atoms with van der Waals surface area (Å²) in [6.07, 6.45) is 1.07. The molecular weight excluding hydrogens is 466 g/mol. The third kappa shape index (κ3) is 4.94. The fourth-order valence-electron chi connectivity index (χ4n) is 4.62. The van der Waals surface area contributed by atoms with Crippen LogP contribution in [0.1, 0.15) is 51.8 Å². The van der Waals surface area contributed by atoms with Gasteiger partial charge >= 0.3 is 0 Å². The van der Waals surface area contributed by atoms with Gasteiger partial charge in [0.25, 0.3) is 5.91 Å². The molecule has 0 spiro atoms. The van der Waals surface area contributed by atoms with Crippen LogP contribution < -0.4 is 5.32 Å². The lowest BCUT2D eigenvalue weighted by Crippen LogP contribution is -2.42. The molecule has 35 heavy (non-hydrogen) atoms. The Morgan fingerprint density at radius 3 is 2.54 bits per heavy atom. The number of rotatable bonds is 4. The first-order valence-corrected chi connectivity index (χ1v) is 12.2. The number of carbonyl (C=O) groups is 2. The van der Waals surface area contributed by atoms with Gasteiger partial charge in [-0.1, -0.05) is 46.6 Å². The predicted octanol–water partition coefficient (Wildman–Crippen LogP) is 4.31. The second kappa shape index (κ2) is 9.79. The van der Waals surface area contributed by atoms with Crippen LogP contribution in [0.5, 0.6) is 0 Å². The Balaban J connectivity index is 1.18. The molecule has 3 aromatic rings. The van der Waals surface area contributed by atoms with Gasteiger partial charge in [0, 0.05) is 29.7 Å². The minimum Gasteiger partial charge on any atom is -0.365 e. The molecule has 9 heteroatoms. The largest absolute Gasteiger partial charge is 0.365 e. The summed E-state index contributed by atoms with van der Waals surface area (Å²) in [5.41, 5.74) is 4.97. The van der Waals surface area contributed by atoms with Crippen molar-refractivity contribution in [1.29, 1.82) is 0 Å². The van der Waals surface area contributed by atoms with Crippen LogP contribution in [-0.2, 0) is 22.7 Å². The van der Waals surface area contributed by atoms with Crippen molar-refractivity contribution < 1.29 is 14.3 Å². The van der Waals surface area contributed by atoms with Gasteiger partial charge in [-0.3, -0.25) is 9.59 Å². The maximum atomic E-state index is 13.2. The van der Waals surface area contributed by atoms with Gasteiger partial charge < -0.3 is 15.0 Å². The molecule has 2 amide bonds. The zero-order valence-corrected chi connectivity index (χ0v) is 20.6. The molecule has 0 unspecified atom stereocenters. The van der Waals surface area contributed by atoms with Gasteiger partial charge in [-0.2, -0.15) is 0 Å². The van der Waals surface area contributed by atoms with E-state index in [1.165, 1.54) is 5.56 Å². The molecule has 3 heterocycles. The van der Waals surface area contributed by atoms with Gasteiger partial charge in [0.2, 0.25) is 5.91 Å². The second-order valence-corrected chi connectivity index (χ2v) is 9.70. The number of aryl methyl sites for hydroxylation is 2. The van der Waals surface area contributed by atoms with Crippen LogP contribution in [0, 0.1) is 19.8 Å². The molecule has 5 rings (SSSR count). The van der Waals surface area contributed by atoms with Crippen LogP contribution in [-0.4, -0.2) is 44.8 Å². The SMILES string of the molecule is Cc1ccc([C@@H]2Cn3nnc(C(=O)N4CCC(C(=O)Nc5ccc(Cl)c(C)c5)CC4)c3CO2)cc1. The third-order valence-corrected chi connectivity index (χ3v) is 7.25. The van der Waals surface area contributed by atoms with E-state index in [0.29, 0.717) is 48.9 Å². The normalized spacial score (nSPS) is 18.3. The van der Waals surface area contributed by atoms with Gasteiger partial charge in [0.15, 0.2) is 5.69 Å². The predicted molar refractivity (Wildman–Crippen MR) is 132 cm³/mol. The van der Waals surface area contributed by atoms with Gasteiger partial charge in [-0.05, 0) is 56.0 Å². The first-order chi connectivity index (χ1) is 16.9. The van der Waals surface area contributed by atoms with Crippen molar-refractivity contribution in [3.8, 4) is 0 Å². The van der Waals surface area contributed by atoms with Crippen LogP contribution in [0.2, 0.25) is 5.02 Å². The summed E-state index contributed by atoms with van der Waals surface area (Å²) in [4.78, 5) is 27.7. The fourth-order valence-corrected chi connectivity index (χ4v) is 4.74. The molecule has 0 bridgehead atoms. The average molecular weight is 494 g/mol. The highest BCUT2D eigenvalue weighted by molar-refractivity contribution is 6.31. The number of aromatic nitrogens is 3. The number of hydrogen-bond acceptors (Lipinski definition) is 5. The first kappa shape index (κ1) is 23.5. The van der Waals surface area contributed by atoms with Crippen molar-refractivity contribution >= 4 is 29.1 Å². The molecule has 1 saturated heterocycles. The Morgan fingerprint density at radius 1 is 1.09 bits per heavy atom. The third-order valence-electron chi connectivity index (χ3n) is 6.83. The molecule has 182 valence electrons. The van der Waals surface area contributed by atoms with Crippen LogP contribution in [0.15, 0.2) is 42.5 Å². The Hall–Kier alpha value is -3.23. The molecule has 1 aromatic heterocycles. The monoisotopic (exact) mass is 493 g/mol. The van der Waals surface area contributed by atoms with E-state index in [4.69, 9.17) is 16.3 Å². The van der Waals surface area contributed by atoms with Gasteiger partial charge in [0.1, 0.15) is 6.10 Å². The number of nitrogens with one attached hydrogen (secondary N) is 1. The number of hydrogen-bond donors (Lipinski definition) is 1. The van der Waals surface area contributed by atoms with Crippen LogP contribution in [0.3, 0.4) is 0 Å². The van der Waals surface area contributed by atoms with Crippen LogP contribution in [0.25, 0.3) is 0 Å². The van der Waals surface area contributed by atoms with Crippen LogP contribution in [0.4, 0.5) is 5.69 Å². The highest BCUT2D eigenvalue weighted by Crippen LogP contribution is 2.28. The number of benzene rings is 2. The lowest BCUT2D eigenvalue weighted by Gasteiger charge is -2.31. The topological polar surface area (TPSA) is 89.4 Å². The van der Waals surface area contributed by atoms with Crippen molar-refractivity contribution in [1.82, 2.24) is 19.9 Å². The molecule has 0 saturated carbocycles. The fraction of sp³-hybridized carbons (Fsp3) is 0.385. The minimum atomic E-state index is -0.157. The Morgan fingerprint density at radius 2 is 1.83 bits per heavy atom. The highest BCUT2D eigenvalue weighted by atomic mass is 35.5. The number of carbonyl (C=O) groups excluding carboxylic acids is 2. The van der Waals surface area contributed by atoms with Crippen molar-refractivity contribution in [3.05, 3.63) is 75.6 Å². The van der Waals surface area contributed by atoms with E-state index in [1.807, 2.05) is 13.0 Å².